The summed E-state index contributed by atoms with van der Waals surface area (Å²) >= 11 is 5.99. The molecule has 1 fully saturated rings. The Bertz CT molecular complexity index is 1250. The molecule has 0 unspecified atom stereocenters. The van der Waals surface area contributed by atoms with E-state index in [2.05, 4.69) is 15.6 Å². The van der Waals surface area contributed by atoms with Gasteiger partial charge in [0.05, 0.1) is 21.8 Å². The summed E-state index contributed by atoms with van der Waals surface area (Å²) in [5.41, 5.74) is 3.00. The average Bonchev–Trinajstić information content (AvgIpc) is 2.83. The van der Waals surface area contributed by atoms with Crippen LogP contribution in [0.2, 0.25) is 5.02 Å². The summed E-state index contributed by atoms with van der Waals surface area (Å²) in [6, 6.07) is 8.11. The number of ketones is 1. The van der Waals surface area contributed by atoms with Crippen LogP contribution in [0.1, 0.15) is 55.8 Å². The third-order valence-corrected chi connectivity index (χ3v) is 6.69. The first-order valence-corrected chi connectivity index (χ1v) is 12.0. The van der Waals surface area contributed by atoms with E-state index in [0.717, 1.165) is 18.2 Å². The fourth-order valence-corrected chi connectivity index (χ4v) is 4.80. The Kier molecular flexibility index (Phi) is 7.40. The molecule has 1 aliphatic carbocycles. The van der Waals surface area contributed by atoms with Crippen molar-refractivity contribution in [1.29, 1.82) is 0 Å². The van der Waals surface area contributed by atoms with E-state index in [1.54, 1.807) is 18.3 Å². The highest BCUT2D eigenvalue weighted by Crippen LogP contribution is 2.36. The van der Waals surface area contributed by atoms with Crippen molar-refractivity contribution in [3.63, 3.8) is 0 Å². The molecule has 184 valence electrons. The molecule has 4 rings (SSSR count). The molecule has 9 heteroatoms. The molecule has 3 aromatic rings. The van der Waals surface area contributed by atoms with Crippen molar-refractivity contribution >= 4 is 40.1 Å². The summed E-state index contributed by atoms with van der Waals surface area (Å²) in [5.74, 6) is -1.43. The maximum Gasteiger partial charge on any atom is 0.404 e. The number of amides is 1. The van der Waals surface area contributed by atoms with Gasteiger partial charge in [-0.05, 0) is 67.5 Å². The van der Waals surface area contributed by atoms with Crippen LogP contribution in [0.25, 0.3) is 22.0 Å². The van der Waals surface area contributed by atoms with E-state index < -0.39 is 17.7 Å². The lowest BCUT2D eigenvalue weighted by Gasteiger charge is -2.30. The minimum absolute atomic E-state index is 0.0187. The number of rotatable bonds is 7. The second kappa shape index (κ2) is 10.5. The molecule has 0 saturated heterocycles. The molecule has 1 saturated carbocycles. The molecule has 1 heterocycles. The SMILES string of the molecule is CCCC(=O)c1cnc2ccc(-c3cc(F)c(O)c(Cl)c3)cc2c1N[C@H]1CC[C@H](NC(=O)O)CC1. The number of nitrogens with zero attached hydrogens (tertiary/aromatic N) is 1. The van der Waals surface area contributed by atoms with Crippen LogP contribution >= 0.6 is 11.6 Å². The van der Waals surface area contributed by atoms with E-state index in [1.165, 1.54) is 12.1 Å². The molecule has 1 amide bonds. The lowest BCUT2D eigenvalue weighted by Crippen LogP contribution is -2.39. The second-order valence-corrected chi connectivity index (χ2v) is 9.29. The van der Waals surface area contributed by atoms with Gasteiger partial charge >= 0.3 is 6.09 Å². The molecule has 2 aromatic carbocycles. The van der Waals surface area contributed by atoms with Crippen LogP contribution in [0, 0.1) is 5.82 Å². The van der Waals surface area contributed by atoms with Crippen LogP contribution in [-0.4, -0.2) is 39.2 Å². The number of Topliss-reactive ketones (excluding diaryl/α,β-unsaturated/α-hetero) is 1. The second-order valence-electron chi connectivity index (χ2n) is 8.88. The summed E-state index contributed by atoms with van der Waals surface area (Å²) in [6.45, 7) is 1.94. The maximum atomic E-state index is 14.1. The number of phenolic OH excluding ortho intramolecular Hbond substituents is 1. The Labute approximate surface area is 207 Å². The molecule has 0 aliphatic heterocycles. The topological polar surface area (TPSA) is 112 Å². The first-order chi connectivity index (χ1) is 16.8. The van der Waals surface area contributed by atoms with E-state index in [9.17, 15) is 19.1 Å². The number of carboxylic acid groups (broad SMARTS) is 1. The number of fused-ring (bicyclic) bond motifs is 1. The highest BCUT2D eigenvalue weighted by molar-refractivity contribution is 6.32. The molecule has 1 aliphatic rings. The number of aromatic hydroxyl groups is 1. The van der Waals surface area contributed by atoms with Crippen LogP contribution in [0.15, 0.2) is 36.5 Å². The Morgan fingerprint density at radius 3 is 2.49 bits per heavy atom. The number of nitrogens with one attached hydrogen (secondary N) is 2. The van der Waals surface area contributed by atoms with Crippen molar-refractivity contribution in [2.45, 2.75) is 57.5 Å². The highest BCUT2D eigenvalue weighted by atomic mass is 35.5. The molecule has 0 atom stereocenters. The Morgan fingerprint density at radius 2 is 1.83 bits per heavy atom. The van der Waals surface area contributed by atoms with Gasteiger partial charge in [-0.2, -0.15) is 0 Å². The molecule has 0 bridgehead atoms. The van der Waals surface area contributed by atoms with Crippen LogP contribution < -0.4 is 10.6 Å². The van der Waals surface area contributed by atoms with Crippen molar-refractivity contribution in [3.05, 3.63) is 52.9 Å². The summed E-state index contributed by atoms with van der Waals surface area (Å²) in [5, 5.41) is 25.4. The molecular formula is C26H27ClFN3O4. The Morgan fingerprint density at radius 1 is 1.11 bits per heavy atom. The number of hydrogen-bond donors (Lipinski definition) is 4. The summed E-state index contributed by atoms with van der Waals surface area (Å²) in [6.07, 6.45) is 4.54. The normalized spacial score (nSPS) is 17.8. The molecule has 4 N–H and O–H groups in total. The van der Waals surface area contributed by atoms with Crippen molar-refractivity contribution in [2.24, 2.45) is 0 Å². The van der Waals surface area contributed by atoms with E-state index in [-0.39, 0.29) is 22.9 Å². The lowest BCUT2D eigenvalue weighted by molar-refractivity contribution is 0.0982. The van der Waals surface area contributed by atoms with Gasteiger partial charge in [-0.25, -0.2) is 9.18 Å². The minimum atomic E-state index is -1.02. The highest BCUT2D eigenvalue weighted by Gasteiger charge is 2.25. The summed E-state index contributed by atoms with van der Waals surface area (Å²) in [4.78, 5) is 28.4. The van der Waals surface area contributed by atoms with Gasteiger partial charge in [-0.15, -0.1) is 0 Å². The van der Waals surface area contributed by atoms with Crippen molar-refractivity contribution in [2.75, 3.05) is 5.32 Å². The van der Waals surface area contributed by atoms with Crippen LogP contribution in [0.3, 0.4) is 0 Å². The largest absolute Gasteiger partial charge is 0.504 e. The van der Waals surface area contributed by atoms with Gasteiger partial charge in [-0.1, -0.05) is 24.6 Å². The third kappa shape index (κ3) is 5.48. The van der Waals surface area contributed by atoms with Crippen molar-refractivity contribution < 1.29 is 24.2 Å². The number of carbonyl (C=O) groups excluding carboxylic acids is 1. The number of pyridine rings is 1. The number of anilines is 1. The number of halogens is 2. The van der Waals surface area contributed by atoms with E-state index in [0.29, 0.717) is 53.6 Å². The average molecular weight is 500 g/mol. The van der Waals surface area contributed by atoms with Crippen LogP contribution in [0.4, 0.5) is 14.9 Å². The predicted molar refractivity (Wildman–Crippen MR) is 134 cm³/mol. The standard InChI is InChI=1S/C26H27ClFN3O4/c1-2-3-23(32)19-13-29-22-9-4-14(15-11-20(27)25(33)21(28)12-15)10-18(22)24(19)30-16-5-7-17(8-6-16)31-26(34)35/h4,9-13,16-17,31,33H,2-3,5-8H2,1H3,(H,29,30)(H,34,35)/t16-,17-. The fourth-order valence-electron chi connectivity index (χ4n) is 4.59. The van der Waals surface area contributed by atoms with Crippen LogP contribution in [0.5, 0.6) is 5.75 Å². The molecule has 0 radical (unpaired) electrons. The zero-order valence-corrected chi connectivity index (χ0v) is 20.0. The first kappa shape index (κ1) is 24.7. The van der Waals surface area contributed by atoms with Gasteiger partial charge in [0.1, 0.15) is 0 Å². The van der Waals surface area contributed by atoms with Gasteiger partial charge in [-0.3, -0.25) is 9.78 Å². The van der Waals surface area contributed by atoms with E-state index in [1.807, 2.05) is 13.0 Å². The summed E-state index contributed by atoms with van der Waals surface area (Å²) < 4.78 is 14.1. The number of aromatic nitrogens is 1. The molecule has 0 spiro atoms. The minimum Gasteiger partial charge on any atom is -0.504 e. The predicted octanol–water partition coefficient (Wildman–Crippen LogP) is 6.37. The fraction of sp³-hybridized carbons (Fsp3) is 0.346. The first-order valence-electron chi connectivity index (χ1n) is 11.7. The monoisotopic (exact) mass is 499 g/mol. The van der Waals surface area contributed by atoms with E-state index >= 15 is 0 Å². The Balaban J connectivity index is 1.74. The van der Waals surface area contributed by atoms with Crippen molar-refractivity contribution in [1.82, 2.24) is 10.3 Å². The van der Waals surface area contributed by atoms with Crippen molar-refractivity contribution in [3.8, 4) is 16.9 Å². The van der Waals surface area contributed by atoms with Gasteiger partial charge in [0.25, 0.3) is 0 Å². The number of benzene rings is 2. The zero-order chi connectivity index (χ0) is 25.1. The number of phenols is 1. The number of carbonyl (C=O) groups is 2. The van der Waals surface area contributed by atoms with Gasteiger partial charge in [0.2, 0.25) is 0 Å². The van der Waals surface area contributed by atoms with Gasteiger partial charge < -0.3 is 20.8 Å². The lowest BCUT2D eigenvalue weighted by atomic mass is 9.90. The van der Waals surface area contributed by atoms with E-state index in [4.69, 9.17) is 16.7 Å². The van der Waals surface area contributed by atoms with Crippen LogP contribution in [-0.2, 0) is 0 Å². The maximum absolute atomic E-state index is 14.1. The Hall–Kier alpha value is -3.39. The molecular weight excluding hydrogens is 473 g/mol. The molecule has 35 heavy (non-hydrogen) atoms. The summed E-state index contributed by atoms with van der Waals surface area (Å²) in [7, 11) is 0. The quantitative estimate of drug-likeness (QED) is 0.281. The molecule has 1 aromatic heterocycles. The smallest absolute Gasteiger partial charge is 0.404 e. The molecule has 7 nitrogen and oxygen atoms in total. The zero-order valence-electron chi connectivity index (χ0n) is 19.3. The third-order valence-electron chi connectivity index (χ3n) is 6.40. The van der Waals surface area contributed by atoms with Gasteiger partial charge in [0, 0.05) is 30.1 Å². The number of hydrogen-bond acceptors (Lipinski definition) is 5. The van der Waals surface area contributed by atoms with Gasteiger partial charge in [0.15, 0.2) is 17.3 Å².